The van der Waals surface area contributed by atoms with E-state index in [2.05, 4.69) is 25.5 Å². The molecule has 3 N–H and O–H groups in total. The molecule has 178 valence electrons. The number of nitrogens with one attached hydrogen (secondary N) is 1. The number of hydrogen-bond acceptors (Lipinski definition) is 6. The monoisotopic (exact) mass is 475 g/mol. The lowest BCUT2D eigenvalue weighted by Crippen LogP contribution is -2.44. The number of rotatable bonds is 5. The van der Waals surface area contributed by atoms with Crippen LogP contribution in [0.1, 0.15) is 44.0 Å². The second-order valence-electron chi connectivity index (χ2n) is 9.65. The fraction of sp³-hybridized carbons (Fsp3) is 0.478. The van der Waals surface area contributed by atoms with E-state index in [1.807, 2.05) is 4.90 Å². The van der Waals surface area contributed by atoms with Crippen molar-refractivity contribution in [3.8, 4) is 11.3 Å². The Kier molecular flexibility index (Phi) is 6.19. The van der Waals surface area contributed by atoms with Gasteiger partial charge in [-0.25, -0.2) is 14.1 Å². The maximum absolute atomic E-state index is 13.8. The van der Waals surface area contributed by atoms with Gasteiger partial charge < -0.3 is 10.6 Å². The molecule has 0 radical (unpaired) electrons. The van der Waals surface area contributed by atoms with Gasteiger partial charge in [0.05, 0.1) is 11.3 Å². The summed E-state index contributed by atoms with van der Waals surface area (Å²) in [5.41, 5.74) is 6.78. The first kappa shape index (κ1) is 23.6. The summed E-state index contributed by atoms with van der Waals surface area (Å²) in [7, 11) is -4.03. The van der Waals surface area contributed by atoms with Crippen LogP contribution in [0.5, 0.6) is 0 Å². The summed E-state index contributed by atoms with van der Waals surface area (Å²) < 4.78 is 42.7. The fourth-order valence-electron chi connectivity index (χ4n) is 4.81. The summed E-state index contributed by atoms with van der Waals surface area (Å²) >= 11 is 0. The highest BCUT2D eigenvalue weighted by Gasteiger charge is 2.39. The Bertz CT molecular complexity index is 1170. The van der Waals surface area contributed by atoms with E-state index in [0.717, 1.165) is 6.42 Å². The van der Waals surface area contributed by atoms with Crippen molar-refractivity contribution in [3.05, 3.63) is 47.8 Å². The van der Waals surface area contributed by atoms with Crippen molar-refractivity contribution in [2.45, 2.75) is 45.2 Å². The predicted molar refractivity (Wildman–Crippen MR) is 125 cm³/mol. The second-order valence-corrected chi connectivity index (χ2v) is 11.3. The molecule has 2 aromatic rings. The van der Waals surface area contributed by atoms with Crippen molar-refractivity contribution < 1.29 is 17.6 Å². The Labute approximate surface area is 194 Å². The van der Waals surface area contributed by atoms with Crippen LogP contribution < -0.4 is 15.4 Å². The first-order chi connectivity index (χ1) is 15.5. The van der Waals surface area contributed by atoms with Crippen LogP contribution in [0.2, 0.25) is 0 Å². The number of nitrogens with zero attached hydrogens (tertiary/aromatic N) is 3. The maximum Gasteiger partial charge on any atom is 0.304 e. The zero-order valence-electron chi connectivity index (χ0n) is 19.1. The van der Waals surface area contributed by atoms with Crippen LogP contribution in [-0.4, -0.2) is 54.8 Å². The first-order valence-electron chi connectivity index (χ1n) is 11.1. The molecule has 0 saturated carbocycles. The standard InChI is InChI=1S/C23H30FN5O3S/c1-15-12-23(2,3)29(13-15)21-19(7-8-20(26-21)16-5-4-6-17(24)11-16)22(30)27-33(31,32)28-10-9-18(25)14-28/h4-8,11,15,18H,9-10,12-14,25H2,1-3H3,(H,27,30)/t15-,18-/m0/s1. The van der Waals surface area contributed by atoms with Gasteiger partial charge in [-0.15, -0.1) is 0 Å². The van der Waals surface area contributed by atoms with Gasteiger partial charge in [-0.3, -0.25) is 4.79 Å². The molecule has 1 aromatic heterocycles. The number of carbonyl (C=O) groups excluding carboxylic acids is 1. The van der Waals surface area contributed by atoms with E-state index in [0.29, 0.717) is 36.0 Å². The number of aromatic nitrogens is 1. The SMILES string of the molecule is C[C@@H]1CN(c2nc(-c3cccc(F)c3)ccc2C(=O)NS(=O)(=O)N2CC[C@H](N)C2)C(C)(C)C1. The van der Waals surface area contributed by atoms with E-state index in [4.69, 9.17) is 10.7 Å². The van der Waals surface area contributed by atoms with Crippen LogP contribution >= 0.6 is 0 Å². The summed E-state index contributed by atoms with van der Waals surface area (Å²) in [5.74, 6) is -0.385. The lowest BCUT2D eigenvalue weighted by atomic mass is 9.97. The van der Waals surface area contributed by atoms with Gasteiger partial charge in [0.25, 0.3) is 5.91 Å². The third-order valence-corrected chi connectivity index (χ3v) is 7.77. The van der Waals surface area contributed by atoms with Crippen LogP contribution in [0.15, 0.2) is 36.4 Å². The van der Waals surface area contributed by atoms with Crippen LogP contribution in [-0.2, 0) is 10.2 Å². The van der Waals surface area contributed by atoms with E-state index in [1.54, 1.807) is 24.3 Å². The molecule has 1 amide bonds. The molecule has 1 aromatic carbocycles. The van der Waals surface area contributed by atoms with Crippen molar-refractivity contribution in [3.63, 3.8) is 0 Å². The molecule has 0 spiro atoms. The van der Waals surface area contributed by atoms with Crippen LogP contribution in [0, 0.1) is 11.7 Å². The number of benzene rings is 1. The van der Waals surface area contributed by atoms with Crippen molar-refractivity contribution in [1.29, 1.82) is 0 Å². The Morgan fingerprint density at radius 1 is 1.24 bits per heavy atom. The summed E-state index contributed by atoms with van der Waals surface area (Å²) in [6.45, 7) is 7.36. The highest BCUT2D eigenvalue weighted by atomic mass is 32.2. The number of carbonyl (C=O) groups is 1. The zero-order chi connectivity index (χ0) is 24.0. The molecule has 8 nitrogen and oxygen atoms in total. The largest absolute Gasteiger partial charge is 0.351 e. The molecular formula is C23H30FN5O3S. The molecule has 4 rings (SSSR count). The zero-order valence-corrected chi connectivity index (χ0v) is 19.9. The quantitative estimate of drug-likeness (QED) is 0.688. The molecule has 3 heterocycles. The van der Waals surface area contributed by atoms with Gasteiger partial charge in [0.2, 0.25) is 0 Å². The molecule has 2 atom stereocenters. The number of nitrogens with two attached hydrogens (primary N) is 1. The summed E-state index contributed by atoms with van der Waals surface area (Å²) in [4.78, 5) is 20.0. The van der Waals surface area contributed by atoms with E-state index >= 15 is 0 Å². The third kappa shape index (κ3) is 4.87. The third-order valence-electron chi connectivity index (χ3n) is 6.32. The fourth-order valence-corrected chi connectivity index (χ4v) is 6.02. The average Bonchev–Trinajstić information content (AvgIpc) is 3.29. The Morgan fingerprint density at radius 2 is 2.00 bits per heavy atom. The smallest absolute Gasteiger partial charge is 0.304 e. The van der Waals surface area contributed by atoms with Crippen LogP contribution in [0.3, 0.4) is 0 Å². The average molecular weight is 476 g/mol. The molecule has 10 heteroatoms. The minimum atomic E-state index is -4.03. The van der Waals surface area contributed by atoms with Gasteiger partial charge >= 0.3 is 10.2 Å². The van der Waals surface area contributed by atoms with Gasteiger partial charge in [0, 0.05) is 36.8 Å². The molecular weight excluding hydrogens is 445 g/mol. The first-order valence-corrected chi connectivity index (χ1v) is 12.5. The van der Waals surface area contributed by atoms with Crippen molar-refractivity contribution in [2.75, 3.05) is 24.5 Å². The van der Waals surface area contributed by atoms with Crippen LogP contribution in [0.4, 0.5) is 10.2 Å². The van der Waals surface area contributed by atoms with Gasteiger partial charge in [-0.05, 0) is 56.9 Å². The Morgan fingerprint density at radius 3 is 2.61 bits per heavy atom. The van der Waals surface area contributed by atoms with E-state index in [-0.39, 0.29) is 36.1 Å². The molecule has 33 heavy (non-hydrogen) atoms. The van der Waals surface area contributed by atoms with Crippen molar-refractivity contribution in [1.82, 2.24) is 14.0 Å². The molecule has 2 aliphatic heterocycles. The van der Waals surface area contributed by atoms with Crippen LogP contribution in [0.25, 0.3) is 11.3 Å². The molecule has 2 fully saturated rings. The topological polar surface area (TPSA) is 109 Å². The summed E-state index contributed by atoms with van der Waals surface area (Å²) in [5, 5.41) is 0. The molecule has 0 unspecified atom stereocenters. The van der Waals surface area contributed by atoms with Gasteiger partial charge in [-0.2, -0.15) is 12.7 Å². The second kappa shape index (κ2) is 8.66. The minimum absolute atomic E-state index is 0.157. The van der Waals surface area contributed by atoms with Gasteiger partial charge in [0.15, 0.2) is 0 Å². The molecule has 0 bridgehead atoms. The molecule has 2 aliphatic rings. The lowest BCUT2D eigenvalue weighted by Gasteiger charge is -2.34. The van der Waals surface area contributed by atoms with E-state index < -0.39 is 16.1 Å². The van der Waals surface area contributed by atoms with E-state index in [9.17, 15) is 17.6 Å². The maximum atomic E-state index is 13.8. The van der Waals surface area contributed by atoms with E-state index in [1.165, 1.54) is 16.4 Å². The molecule has 2 saturated heterocycles. The number of hydrogen-bond donors (Lipinski definition) is 2. The number of anilines is 1. The number of halogens is 1. The molecule has 0 aliphatic carbocycles. The lowest BCUT2D eigenvalue weighted by molar-refractivity contribution is 0.0979. The number of amides is 1. The van der Waals surface area contributed by atoms with Crippen molar-refractivity contribution in [2.24, 2.45) is 11.7 Å². The predicted octanol–water partition coefficient (Wildman–Crippen LogP) is 2.52. The summed E-state index contributed by atoms with van der Waals surface area (Å²) in [6.07, 6.45) is 1.44. The normalized spacial score (nSPS) is 23.1. The van der Waals surface area contributed by atoms with Gasteiger partial charge in [-0.1, -0.05) is 19.1 Å². The van der Waals surface area contributed by atoms with Gasteiger partial charge in [0.1, 0.15) is 11.6 Å². The highest BCUT2D eigenvalue weighted by molar-refractivity contribution is 7.87. The Balaban J connectivity index is 1.73. The summed E-state index contributed by atoms with van der Waals surface area (Å²) in [6, 6.07) is 9.00. The minimum Gasteiger partial charge on any atom is -0.351 e. The number of pyridine rings is 1. The van der Waals surface area contributed by atoms with Crippen molar-refractivity contribution >= 4 is 21.9 Å². The highest BCUT2D eigenvalue weighted by Crippen LogP contribution is 2.38. The Hall–Kier alpha value is -2.56.